The molecule has 11 heteroatoms. The number of amidine groups is 1. The van der Waals surface area contributed by atoms with Crippen molar-refractivity contribution in [2.24, 2.45) is 16.3 Å². The number of amides is 4. The summed E-state index contributed by atoms with van der Waals surface area (Å²) in [6, 6.07) is 5.22. The Hall–Kier alpha value is -2.95. The molecule has 10 nitrogen and oxygen atoms in total. The normalized spacial score (nSPS) is 26.4. The van der Waals surface area contributed by atoms with E-state index in [4.69, 9.17) is 0 Å². The highest BCUT2D eigenvalue weighted by atomic mass is 32.2. The Balaban J connectivity index is 1.43. The molecule has 0 radical (unpaired) electrons. The zero-order chi connectivity index (χ0) is 24.7. The van der Waals surface area contributed by atoms with E-state index in [1.165, 1.54) is 18.2 Å². The van der Waals surface area contributed by atoms with E-state index in [1.807, 2.05) is 0 Å². The number of carbonyl (C=O) groups excluding carboxylic acids is 3. The maximum Gasteiger partial charge on any atom is 0.325 e. The van der Waals surface area contributed by atoms with Gasteiger partial charge in [-0.05, 0) is 55.2 Å². The number of aliphatic imine (C=N–C) groups is 1. The van der Waals surface area contributed by atoms with Crippen LogP contribution in [0.25, 0.3) is 0 Å². The maximum absolute atomic E-state index is 13.2. The van der Waals surface area contributed by atoms with Gasteiger partial charge in [0.1, 0.15) is 17.9 Å². The lowest BCUT2D eigenvalue weighted by Gasteiger charge is -2.43. The number of rotatable bonds is 5. The van der Waals surface area contributed by atoms with Gasteiger partial charge >= 0.3 is 6.03 Å². The van der Waals surface area contributed by atoms with Crippen LogP contribution in [0.5, 0.6) is 0 Å². The molecule has 1 saturated carbocycles. The number of benzene rings is 1. The highest BCUT2D eigenvalue weighted by molar-refractivity contribution is 7.90. The third-order valence-corrected chi connectivity index (χ3v) is 7.86. The zero-order valence-corrected chi connectivity index (χ0v) is 20.5. The second-order valence-corrected chi connectivity index (χ2v) is 12.1. The molecule has 1 aliphatic carbocycles. The quantitative estimate of drug-likeness (QED) is 0.545. The van der Waals surface area contributed by atoms with Gasteiger partial charge in [-0.2, -0.15) is 0 Å². The van der Waals surface area contributed by atoms with E-state index in [0.29, 0.717) is 31.6 Å². The van der Waals surface area contributed by atoms with Gasteiger partial charge in [-0.3, -0.25) is 24.2 Å². The van der Waals surface area contributed by atoms with Crippen LogP contribution in [-0.2, 0) is 19.6 Å². The van der Waals surface area contributed by atoms with Crippen LogP contribution in [-0.4, -0.2) is 55.6 Å². The molecular formula is C23H31N5O5S. The predicted molar refractivity (Wildman–Crippen MR) is 127 cm³/mol. The summed E-state index contributed by atoms with van der Waals surface area (Å²) >= 11 is 0. The summed E-state index contributed by atoms with van der Waals surface area (Å²) in [6.45, 7) is 6.36. The second-order valence-electron chi connectivity index (χ2n) is 10.4. The number of anilines is 1. The van der Waals surface area contributed by atoms with Gasteiger partial charge in [-0.1, -0.05) is 26.8 Å². The number of nitrogens with one attached hydrogen (secondary N) is 3. The number of sulfonamides is 1. The molecule has 2 fully saturated rings. The van der Waals surface area contributed by atoms with Gasteiger partial charge in [-0.15, -0.1) is 0 Å². The lowest BCUT2D eigenvalue weighted by Crippen LogP contribution is -2.54. The monoisotopic (exact) mass is 489 g/mol. The molecular weight excluding hydrogens is 458 g/mol. The molecule has 1 aromatic carbocycles. The first-order valence-corrected chi connectivity index (χ1v) is 13.0. The van der Waals surface area contributed by atoms with Crippen molar-refractivity contribution in [2.75, 3.05) is 18.4 Å². The van der Waals surface area contributed by atoms with Crippen molar-refractivity contribution in [1.29, 1.82) is 0 Å². The van der Waals surface area contributed by atoms with Crippen LogP contribution in [0.4, 0.5) is 10.5 Å². The fourth-order valence-corrected chi connectivity index (χ4v) is 6.71. The minimum atomic E-state index is -3.84. The van der Waals surface area contributed by atoms with Gasteiger partial charge < -0.3 is 10.6 Å². The van der Waals surface area contributed by atoms with Crippen LogP contribution in [0.2, 0.25) is 0 Å². The molecule has 184 valence electrons. The van der Waals surface area contributed by atoms with Gasteiger partial charge in [0.25, 0.3) is 15.9 Å². The molecule has 2 aliphatic heterocycles. The number of nitrogens with zero attached hydrogens (tertiary/aromatic N) is 2. The molecule has 34 heavy (non-hydrogen) atoms. The summed E-state index contributed by atoms with van der Waals surface area (Å²) in [4.78, 5) is 43.6. The molecule has 1 aromatic rings. The van der Waals surface area contributed by atoms with Gasteiger partial charge in [0, 0.05) is 18.7 Å². The van der Waals surface area contributed by atoms with E-state index in [0.717, 1.165) is 17.7 Å². The molecule has 3 N–H and O–H groups in total. The zero-order valence-electron chi connectivity index (χ0n) is 19.7. The van der Waals surface area contributed by atoms with Crippen molar-refractivity contribution in [3.8, 4) is 0 Å². The highest BCUT2D eigenvalue weighted by Crippen LogP contribution is 2.46. The summed E-state index contributed by atoms with van der Waals surface area (Å²) in [5, 5.41) is 5.44. The first-order chi connectivity index (χ1) is 15.9. The maximum atomic E-state index is 13.2. The van der Waals surface area contributed by atoms with E-state index in [2.05, 4.69) is 41.1 Å². The number of imide groups is 1. The molecule has 0 unspecified atom stereocenters. The highest BCUT2D eigenvalue weighted by Gasteiger charge is 2.56. The molecule has 2 atom stereocenters. The standard InChI is InChI=1S/C23H31N5O5S/c1-15-11-22(2,3)14-23(12-15)20(30)28(21(31)26-23)13-19(29)25-16-6-4-7-17(10-16)34(32,33)27-18-8-5-9-24-18/h4,6-7,10,15H,5,8-9,11-14H2,1-3H3,(H,24,27)(H,25,29)(H,26,31)/t15-,23-/m1/s1. The van der Waals surface area contributed by atoms with E-state index in [9.17, 15) is 22.8 Å². The van der Waals surface area contributed by atoms with Crippen molar-refractivity contribution >= 4 is 39.4 Å². The minimum Gasteiger partial charge on any atom is -0.324 e. The number of carbonyl (C=O) groups is 3. The van der Waals surface area contributed by atoms with Gasteiger partial charge in [0.15, 0.2) is 0 Å². The third-order valence-electron chi connectivity index (χ3n) is 6.48. The van der Waals surface area contributed by atoms with Crippen LogP contribution in [0.3, 0.4) is 0 Å². The lowest BCUT2D eigenvalue weighted by atomic mass is 9.64. The fraction of sp³-hybridized carbons (Fsp3) is 0.565. The number of urea groups is 1. The van der Waals surface area contributed by atoms with Crippen LogP contribution in [0, 0.1) is 11.3 Å². The second kappa shape index (κ2) is 8.68. The largest absolute Gasteiger partial charge is 0.325 e. The molecule has 2 heterocycles. The lowest BCUT2D eigenvalue weighted by molar-refractivity contribution is -0.136. The summed E-state index contributed by atoms with van der Waals surface area (Å²) in [5.41, 5.74) is -0.847. The molecule has 4 rings (SSSR count). The molecule has 0 aromatic heterocycles. The van der Waals surface area contributed by atoms with Crippen molar-refractivity contribution in [3.63, 3.8) is 0 Å². The van der Waals surface area contributed by atoms with Gasteiger partial charge in [0.2, 0.25) is 5.91 Å². The van der Waals surface area contributed by atoms with Crippen molar-refractivity contribution < 1.29 is 22.8 Å². The Bertz CT molecular complexity index is 1160. The van der Waals surface area contributed by atoms with Crippen molar-refractivity contribution in [3.05, 3.63) is 24.3 Å². The average molecular weight is 490 g/mol. The molecule has 3 aliphatic rings. The topological polar surface area (TPSA) is 137 Å². The Morgan fingerprint density at radius 1 is 1.26 bits per heavy atom. The summed E-state index contributed by atoms with van der Waals surface area (Å²) in [5.74, 6) is -0.297. The van der Waals surface area contributed by atoms with Gasteiger partial charge in [-0.25, -0.2) is 13.2 Å². The van der Waals surface area contributed by atoms with Crippen molar-refractivity contribution in [2.45, 2.75) is 63.3 Å². The molecule has 1 spiro atoms. The van der Waals surface area contributed by atoms with Crippen LogP contribution < -0.4 is 15.4 Å². The van der Waals surface area contributed by atoms with Gasteiger partial charge in [0.05, 0.1) is 4.90 Å². The van der Waals surface area contributed by atoms with Crippen LogP contribution in [0.15, 0.2) is 34.2 Å². The van der Waals surface area contributed by atoms with E-state index >= 15 is 0 Å². The number of hydrogen-bond acceptors (Lipinski definition) is 6. The van der Waals surface area contributed by atoms with E-state index in [-0.39, 0.29) is 27.8 Å². The van der Waals surface area contributed by atoms with E-state index < -0.39 is 34.0 Å². The smallest absolute Gasteiger partial charge is 0.324 e. The summed E-state index contributed by atoms with van der Waals surface area (Å²) in [7, 11) is -3.84. The summed E-state index contributed by atoms with van der Waals surface area (Å²) in [6.07, 6.45) is 3.38. The Morgan fingerprint density at radius 3 is 2.71 bits per heavy atom. The van der Waals surface area contributed by atoms with Crippen molar-refractivity contribution in [1.82, 2.24) is 14.9 Å². The first-order valence-electron chi connectivity index (χ1n) is 11.5. The SMILES string of the molecule is C[C@@H]1CC(C)(C)C[C@@]2(C1)NC(=O)N(CC(=O)Nc1cccc(S(=O)(=O)NC3=NCCC3)c1)C2=O. The summed E-state index contributed by atoms with van der Waals surface area (Å²) < 4.78 is 27.7. The van der Waals surface area contributed by atoms with Crippen LogP contribution >= 0.6 is 0 Å². The number of hydrogen-bond donors (Lipinski definition) is 3. The Labute approximate surface area is 199 Å². The molecule has 0 bridgehead atoms. The predicted octanol–water partition coefficient (Wildman–Crippen LogP) is 2.23. The first kappa shape index (κ1) is 24.2. The van der Waals surface area contributed by atoms with Crippen LogP contribution in [0.1, 0.15) is 52.9 Å². The Morgan fingerprint density at radius 2 is 2.03 bits per heavy atom. The molecule has 4 amide bonds. The Kier molecular flexibility index (Phi) is 6.17. The molecule has 1 saturated heterocycles. The minimum absolute atomic E-state index is 0.0210. The fourth-order valence-electron chi connectivity index (χ4n) is 5.57. The average Bonchev–Trinajstić information content (AvgIpc) is 3.28. The van der Waals surface area contributed by atoms with E-state index in [1.54, 1.807) is 6.07 Å². The third kappa shape index (κ3) is 4.94.